The lowest BCUT2D eigenvalue weighted by molar-refractivity contribution is -0.118. The topological polar surface area (TPSA) is 51.0 Å². The van der Waals surface area contributed by atoms with E-state index in [0.717, 1.165) is 0 Å². The first kappa shape index (κ1) is 9.15. The van der Waals surface area contributed by atoms with E-state index in [4.69, 9.17) is 16.3 Å². The summed E-state index contributed by atoms with van der Waals surface area (Å²) in [4.78, 5) is 18.9. The average Bonchev–Trinajstić information content (AvgIpc) is 2.17. The molecule has 72 valence electrons. The maximum atomic E-state index is 11.3. The number of hydrogen-bond donors (Lipinski definition) is 0. The van der Waals surface area contributed by atoms with Crippen LogP contribution in [0.2, 0.25) is 0 Å². The first-order valence-electron chi connectivity index (χ1n) is 4.00. The maximum absolute atomic E-state index is 11.3. The van der Waals surface area contributed by atoms with Crippen LogP contribution in [0.1, 0.15) is 0 Å². The minimum Gasteiger partial charge on any atom is -0.495 e. The largest absolute Gasteiger partial charge is 0.495 e. The lowest BCUT2D eigenvalue weighted by Crippen LogP contribution is -2.25. The molecule has 5 heteroatoms. The van der Waals surface area contributed by atoms with Crippen LogP contribution in [0.5, 0.6) is 0 Å². The summed E-state index contributed by atoms with van der Waals surface area (Å²) in [5, 5.41) is 0.450. The molecule has 0 fully saturated rings. The zero-order valence-electron chi connectivity index (χ0n) is 7.40. The third kappa shape index (κ3) is 1.37. The Morgan fingerprint density at radius 3 is 3.07 bits per heavy atom. The Bertz CT molecular complexity index is 407. The van der Waals surface area contributed by atoms with Crippen molar-refractivity contribution >= 4 is 29.6 Å². The van der Waals surface area contributed by atoms with E-state index in [1.54, 1.807) is 12.2 Å². The summed E-state index contributed by atoms with van der Waals surface area (Å²) in [6, 6.07) is 0. The molecule has 0 aromatic heterocycles. The Morgan fingerprint density at radius 2 is 2.36 bits per heavy atom. The number of halogens is 1. The highest BCUT2D eigenvalue weighted by molar-refractivity contribution is 6.35. The SMILES string of the molecule is COC1=CC2C(=O)N=CN=C2C=C1Cl. The number of allylic oxidation sites excluding steroid dienone is 2. The van der Waals surface area contributed by atoms with E-state index in [2.05, 4.69) is 9.98 Å². The summed E-state index contributed by atoms with van der Waals surface area (Å²) in [7, 11) is 1.50. The third-order valence-electron chi connectivity index (χ3n) is 2.02. The van der Waals surface area contributed by atoms with Gasteiger partial charge in [-0.15, -0.1) is 0 Å². The smallest absolute Gasteiger partial charge is 0.260 e. The van der Waals surface area contributed by atoms with Crippen molar-refractivity contribution in [2.24, 2.45) is 15.9 Å². The lowest BCUT2D eigenvalue weighted by atomic mass is 9.96. The van der Waals surface area contributed by atoms with Gasteiger partial charge in [0, 0.05) is 0 Å². The van der Waals surface area contributed by atoms with E-state index in [0.29, 0.717) is 16.5 Å². The van der Waals surface area contributed by atoms with E-state index in [1.807, 2.05) is 0 Å². The summed E-state index contributed by atoms with van der Waals surface area (Å²) < 4.78 is 5.00. The van der Waals surface area contributed by atoms with Crippen LogP contribution >= 0.6 is 11.6 Å². The molecule has 0 saturated carbocycles. The molecule has 0 aromatic rings. The molecular formula is C9H7ClN2O2. The Morgan fingerprint density at radius 1 is 1.57 bits per heavy atom. The molecule has 0 saturated heterocycles. The van der Waals surface area contributed by atoms with Gasteiger partial charge in [0.15, 0.2) is 0 Å². The number of carbonyl (C=O) groups is 1. The van der Waals surface area contributed by atoms with Gasteiger partial charge in [-0.1, -0.05) is 11.6 Å². The molecule has 0 N–H and O–H groups in total. The van der Waals surface area contributed by atoms with Crippen molar-refractivity contribution < 1.29 is 9.53 Å². The summed E-state index contributed by atoms with van der Waals surface area (Å²) in [5.41, 5.74) is 0.607. The van der Waals surface area contributed by atoms with Gasteiger partial charge in [-0.2, -0.15) is 0 Å². The highest BCUT2D eigenvalue weighted by Gasteiger charge is 2.28. The van der Waals surface area contributed by atoms with Crippen LogP contribution in [0.3, 0.4) is 0 Å². The van der Waals surface area contributed by atoms with Crippen LogP contribution in [0, 0.1) is 5.92 Å². The predicted molar refractivity (Wildman–Crippen MR) is 53.5 cm³/mol. The van der Waals surface area contributed by atoms with Gasteiger partial charge in [0.05, 0.1) is 17.9 Å². The van der Waals surface area contributed by atoms with Gasteiger partial charge in [-0.25, -0.2) is 9.98 Å². The van der Waals surface area contributed by atoms with Gasteiger partial charge < -0.3 is 4.74 Å². The van der Waals surface area contributed by atoms with Gasteiger partial charge >= 0.3 is 0 Å². The van der Waals surface area contributed by atoms with Crippen molar-refractivity contribution in [1.29, 1.82) is 0 Å². The molecule has 1 aliphatic carbocycles. The fourth-order valence-electron chi connectivity index (χ4n) is 1.32. The zero-order valence-corrected chi connectivity index (χ0v) is 8.15. The highest BCUT2D eigenvalue weighted by atomic mass is 35.5. The van der Waals surface area contributed by atoms with Crippen molar-refractivity contribution in [1.82, 2.24) is 0 Å². The van der Waals surface area contributed by atoms with E-state index >= 15 is 0 Å². The minimum atomic E-state index is -0.447. The number of amides is 1. The van der Waals surface area contributed by atoms with Crippen molar-refractivity contribution in [3.63, 3.8) is 0 Å². The molecule has 2 rings (SSSR count). The van der Waals surface area contributed by atoms with E-state index in [9.17, 15) is 4.79 Å². The summed E-state index contributed by atoms with van der Waals surface area (Å²) in [5.74, 6) is -0.205. The second-order valence-corrected chi connectivity index (χ2v) is 3.25. The molecule has 4 nitrogen and oxygen atoms in total. The van der Waals surface area contributed by atoms with Gasteiger partial charge in [-0.05, 0) is 12.2 Å². The number of fused-ring (bicyclic) bond motifs is 1. The zero-order chi connectivity index (χ0) is 10.1. The standard InChI is InChI=1S/C9H7ClN2O2/c1-14-8-2-5-7(3-6(8)10)11-4-12-9(5)13/h2-5H,1H3. The molecule has 1 aliphatic heterocycles. The number of rotatable bonds is 1. The molecule has 2 aliphatic rings. The first-order valence-corrected chi connectivity index (χ1v) is 4.37. The first-order chi connectivity index (χ1) is 6.72. The fourth-order valence-corrected chi connectivity index (χ4v) is 1.57. The number of hydrogen-bond acceptors (Lipinski definition) is 3. The second kappa shape index (κ2) is 3.38. The monoisotopic (exact) mass is 210 g/mol. The number of aliphatic imine (C=N–C) groups is 2. The van der Waals surface area contributed by atoms with Crippen molar-refractivity contribution in [2.75, 3.05) is 7.11 Å². The molecule has 1 atom stereocenters. The third-order valence-corrected chi connectivity index (χ3v) is 2.32. The van der Waals surface area contributed by atoms with Crippen molar-refractivity contribution in [3.8, 4) is 0 Å². The normalized spacial score (nSPS) is 24.9. The molecule has 0 radical (unpaired) electrons. The molecule has 0 aromatic carbocycles. The van der Waals surface area contributed by atoms with Gasteiger partial charge in [-0.3, -0.25) is 4.79 Å². The minimum absolute atomic E-state index is 0.245. The van der Waals surface area contributed by atoms with Crippen molar-refractivity contribution in [3.05, 3.63) is 22.9 Å². The van der Waals surface area contributed by atoms with Crippen LogP contribution in [-0.4, -0.2) is 25.1 Å². The van der Waals surface area contributed by atoms with Crippen molar-refractivity contribution in [2.45, 2.75) is 0 Å². The number of methoxy groups -OCH3 is 1. The van der Waals surface area contributed by atoms with E-state index in [-0.39, 0.29) is 5.91 Å². The fraction of sp³-hybridized carbons (Fsp3) is 0.222. The van der Waals surface area contributed by atoms with E-state index in [1.165, 1.54) is 13.4 Å². The van der Waals surface area contributed by atoms with Crippen LogP contribution in [0.4, 0.5) is 0 Å². The molecular weight excluding hydrogens is 204 g/mol. The van der Waals surface area contributed by atoms with Crippen LogP contribution in [-0.2, 0) is 9.53 Å². The summed E-state index contributed by atoms with van der Waals surface area (Å²) in [6.07, 6.45) is 4.48. The Hall–Kier alpha value is -1.42. The molecule has 1 amide bonds. The van der Waals surface area contributed by atoms with Gasteiger partial charge in [0.2, 0.25) is 0 Å². The molecule has 1 heterocycles. The number of carbonyl (C=O) groups excluding carboxylic acids is 1. The van der Waals surface area contributed by atoms with Gasteiger partial charge in [0.25, 0.3) is 5.91 Å². The Labute approximate surface area is 85.6 Å². The van der Waals surface area contributed by atoms with E-state index < -0.39 is 5.92 Å². The maximum Gasteiger partial charge on any atom is 0.260 e. The van der Waals surface area contributed by atoms with Crippen LogP contribution < -0.4 is 0 Å². The quantitative estimate of drug-likeness (QED) is 0.655. The molecule has 0 bridgehead atoms. The summed E-state index contributed by atoms with van der Waals surface area (Å²) in [6.45, 7) is 0. The average molecular weight is 211 g/mol. The second-order valence-electron chi connectivity index (χ2n) is 2.84. The summed E-state index contributed by atoms with van der Waals surface area (Å²) >= 11 is 5.88. The molecule has 1 unspecified atom stereocenters. The van der Waals surface area contributed by atoms with Gasteiger partial charge in [0.1, 0.15) is 18.0 Å². The van der Waals surface area contributed by atoms with Crippen LogP contribution in [0.15, 0.2) is 32.9 Å². The molecule has 0 spiro atoms. The van der Waals surface area contributed by atoms with Crippen LogP contribution in [0.25, 0.3) is 0 Å². The molecule has 14 heavy (non-hydrogen) atoms. The Balaban J connectivity index is 2.43. The highest BCUT2D eigenvalue weighted by Crippen LogP contribution is 2.26. The predicted octanol–water partition coefficient (Wildman–Crippen LogP) is 1.28. The number of ether oxygens (including phenoxy) is 1. The lowest BCUT2D eigenvalue weighted by Gasteiger charge is -2.18. The Kier molecular flexibility index (Phi) is 2.21. The number of nitrogens with zero attached hydrogens (tertiary/aromatic N) is 2.